The third-order valence-electron chi connectivity index (χ3n) is 7.66. The zero-order chi connectivity index (χ0) is 32.2. The standard InChI is InChI=1S/C28H31F6N5O5/c1-26(2,3)44-25(42)39-19-4-5-20(39)13-37(12-19)23(40)22-11-21-14-36(6-7-38(21)35-22)24(41)43-15-16-8-17(27(29,30)31)10-18(9-16)28(32,33)34/h8-11,19-20H,4-7,12-15H2,1-3H3. The fourth-order valence-corrected chi connectivity index (χ4v) is 5.71. The van der Waals surface area contributed by atoms with Crippen LogP contribution in [0.1, 0.15) is 66.5 Å². The number of piperazine rings is 1. The van der Waals surface area contributed by atoms with Gasteiger partial charge in [0.05, 0.1) is 42.0 Å². The van der Waals surface area contributed by atoms with Crippen molar-refractivity contribution in [2.24, 2.45) is 0 Å². The number of fused-ring (bicyclic) bond motifs is 3. The third-order valence-corrected chi connectivity index (χ3v) is 7.66. The van der Waals surface area contributed by atoms with Crippen molar-refractivity contribution in [1.29, 1.82) is 0 Å². The van der Waals surface area contributed by atoms with Gasteiger partial charge < -0.3 is 19.3 Å². The van der Waals surface area contributed by atoms with Gasteiger partial charge in [-0.3, -0.25) is 14.4 Å². The van der Waals surface area contributed by atoms with Crippen LogP contribution in [0, 0.1) is 0 Å². The van der Waals surface area contributed by atoms with Gasteiger partial charge >= 0.3 is 24.5 Å². The van der Waals surface area contributed by atoms with Crippen LogP contribution in [0.5, 0.6) is 0 Å². The Kier molecular flexibility index (Phi) is 7.99. The summed E-state index contributed by atoms with van der Waals surface area (Å²) in [5.41, 5.74) is -3.45. The maximum atomic E-state index is 13.4. The van der Waals surface area contributed by atoms with Crippen molar-refractivity contribution in [1.82, 2.24) is 24.5 Å². The molecule has 2 saturated heterocycles. The number of likely N-dealkylation sites (tertiary alicyclic amines) is 1. The Hall–Kier alpha value is -3.98. The second-order valence-corrected chi connectivity index (χ2v) is 12.1. The summed E-state index contributed by atoms with van der Waals surface area (Å²) < 4.78 is 91.1. The van der Waals surface area contributed by atoms with Crippen LogP contribution in [0.15, 0.2) is 24.3 Å². The molecule has 2 unspecified atom stereocenters. The second kappa shape index (κ2) is 11.2. The molecule has 1 aromatic heterocycles. The Balaban J connectivity index is 1.20. The fraction of sp³-hybridized carbons (Fsp3) is 0.571. The lowest BCUT2D eigenvalue weighted by Crippen LogP contribution is -2.57. The predicted molar refractivity (Wildman–Crippen MR) is 140 cm³/mol. The fourth-order valence-electron chi connectivity index (χ4n) is 5.71. The molecule has 44 heavy (non-hydrogen) atoms. The largest absolute Gasteiger partial charge is 0.445 e. The van der Waals surface area contributed by atoms with E-state index in [1.165, 1.54) is 11.0 Å². The van der Waals surface area contributed by atoms with E-state index in [1.807, 2.05) is 0 Å². The number of nitrogens with zero attached hydrogens (tertiary/aromatic N) is 5. The van der Waals surface area contributed by atoms with Gasteiger partial charge in [-0.2, -0.15) is 31.4 Å². The van der Waals surface area contributed by atoms with Crippen molar-refractivity contribution in [3.63, 3.8) is 0 Å². The first-order valence-electron chi connectivity index (χ1n) is 14.0. The lowest BCUT2D eigenvalue weighted by atomic mass is 10.1. The van der Waals surface area contributed by atoms with E-state index in [9.17, 15) is 40.7 Å². The molecule has 3 aliphatic rings. The molecule has 0 radical (unpaired) electrons. The summed E-state index contributed by atoms with van der Waals surface area (Å²) in [7, 11) is 0. The third kappa shape index (κ3) is 6.73. The molecule has 0 saturated carbocycles. The van der Waals surface area contributed by atoms with Gasteiger partial charge in [0.15, 0.2) is 5.69 Å². The first-order chi connectivity index (χ1) is 20.4. The van der Waals surface area contributed by atoms with E-state index in [-0.39, 0.29) is 49.4 Å². The zero-order valence-corrected chi connectivity index (χ0v) is 24.2. The van der Waals surface area contributed by atoms with Crippen molar-refractivity contribution in [3.05, 3.63) is 52.3 Å². The first-order valence-corrected chi connectivity index (χ1v) is 14.0. The minimum Gasteiger partial charge on any atom is -0.445 e. The summed E-state index contributed by atoms with van der Waals surface area (Å²) in [6.07, 6.45) is -9.91. The number of ether oxygens (including phenoxy) is 2. The van der Waals surface area contributed by atoms with Crippen LogP contribution in [0.2, 0.25) is 0 Å². The molecule has 0 N–H and O–H groups in total. The minimum absolute atomic E-state index is 0.00170. The van der Waals surface area contributed by atoms with E-state index in [2.05, 4.69) is 5.10 Å². The van der Waals surface area contributed by atoms with E-state index < -0.39 is 53.4 Å². The topological polar surface area (TPSA) is 97.2 Å². The molecule has 240 valence electrons. The first kappa shape index (κ1) is 31.4. The molecule has 3 amide bonds. The molecular weight excluding hydrogens is 600 g/mol. The summed E-state index contributed by atoms with van der Waals surface area (Å²) in [5, 5.41) is 4.38. The van der Waals surface area contributed by atoms with Crippen molar-refractivity contribution in [2.45, 2.75) is 83.3 Å². The van der Waals surface area contributed by atoms with Crippen molar-refractivity contribution in [2.75, 3.05) is 19.6 Å². The van der Waals surface area contributed by atoms with Gasteiger partial charge in [-0.05, 0) is 63.4 Å². The number of rotatable bonds is 3. The molecule has 4 heterocycles. The number of carbonyl (C=O) groups is 3. The van der Waals surface area contributed by atoms with Crippen LogP contribution in [-0.2, 0) is 41.5 Å². The molecule has 16 heteroatoms. The van der Waals surface area contributed by atoms with Crippen LogP contribution >= 0.6 is 0 Å². The molecule has 10 nitrogen and oxygen atoms in total. The number of amides is 3. The molecule has 3 aliphatic heterocycles. The lowest BCUT2D eigenvalue weighted by molar-refractivity contribution is -0.143. The maximum absolute atomic E-state index is 13.4. The van der Waals surface area contributed by atoms with E-state index >= 15 is 0 Å². The lowest BCUT2D eigenvalue weighted by Gasteiger charge is -2.41. The smallest absolute Gasteiger partial charge is 0.416 e. The highest BCUT2D eigenvalue weighted by molar-refractivity contribution is 5.92. The maximum Gasteiger partial charge on any atom is 0.416 e. The number of hydrogen-bond acceptors (Lipinski definition) is 6. The van der Waals surface area contributed by atoms with Crippen molar-refractivity contribution >= 4 is 18.1 Å². The zero-order valence-electron chi connectivity index (χ0n) is 24.2. The highest BCUT2D eigenvalue weighted by Gasteiger charge is 2.46. The quantitative estimate of drug-likeness (QED) is 0.427. The molecule has 2 atom stereocenters. The van der Waals surface area contributed by atoms with Crippen molar-refractivity contribution in [3.8, 4) is 0 Å². The van der Waals surface area contributed by atoms with Crippen molar-refractivity contribution < 1.29 is 50.2 Å². The minimum atomic E-state index is -5.02. The normalized spacial score (nSPS) is 20.4. The summed E-state index contributed by atoms with van der Waals surface area (Å²) in [5.74, 6) is -0.327. The molecular formula is C28H31F6N5O5. The molecule has 0 aliphatic carbocycles. The summed E-state index contributed by atoms with van der Waals surface area (Å²) in [6.45, 7) is 5.46. The predicted octanol–water partition coefficient (Wildman–Crippen LogP) is 5.30. The molecule has 2 bridgehead atoms. The van der Waals surface area contributed by atoms with Crippen LogP contribution in [0.25, 0.3) is 0 Å². The Morgan fingerprint density at radius 3 is 1.98 bits per heavy atom. The number of hydrogen-bond donors (Lipinski definition) is 0. The van der Waals surface area contributed by atoms with Crippen LogP contribution in [0.3, 0.4) is 0 Å². The highest BCUT2D eigenvalue weighted by atomic mass is 19.4. The van der Waals surface area contributed by atoms with Gasteiger partial charge in [0.1, 0.15) is 12.2 Å². The molecule has 5 rings (SSSR count). The number of benzene rings is 1. The monoisotopic (exact) mass is 631 g/mol. The average molecular weight is 632 g/mol. The Labute approximate surface area is 248 Å². The van der Waals surface area contributed by atoms with Crippen LogP contribution in [0.4, 0.5) is 35.9 Å². The van der Waals surface area contributed by atoms with Gasteiger partial charge in [0, 0.05) is 19.6 Å². The number of aromatic nitrogens is 2. The second-order valence-electron chi connectivity index (χ2n) is 12.1. The average Bonchev–Trinajstić information content (AvgIpc) is 3.46. The Morgan fingerprint density at radius 2 is 1.43 bits per heavy atom. The number of alkyl halides is 6. The van der Waals surface area contributed by atoms with E-state index in [0.717, 1.165) is 12.8 Å². The van der Waals surface area contributed by atoms with Crippen LogP contribution in [-0.4, -0.2) is 79.9 Å². The van der Waals surface area contributed by atoms with Gasteiger partial charge in [-0.1, -0.05) is 0 Å². The Morgan fingerprint density at radius 1 is 0.841 bits per heavy atom. The molecule has 1 aromatic carbocycles. The summed E-state index contributed by atoms with van der Waals surface area (Å²) in [4.78, 5) is 43.4. The van der Waals surface area contributed by atoms with Gasteiger partial charge in [0.25, 0.3) is 5.91 Å². The highest BCUT2D eigenvalue weighted by Crippen LogP contribution is 2.37. The SMILES string of the molecule is CC(C)(C)OC(=O)N1C2CCC1CN(C(=O)c1cc3n(n1)CCN(C(=O)OCc1cc(C(F)(F)F)cc(C(F)(F)F)c1)C3)C2. The van der Waals surface area contributed by atoms with Crippen LogP contribution < -0.4 is 0 Å². The Bertz CT molecular complexity index is 1400. The molecule has 0 spiro atoms. The number of carbonyl (C=O) groups excluding carboxylic acids is 3. The summed E-state index contributed by atoms with van der Waals surface area (Å²) >= 11 is 0. The van der Waals surface area contributed by atoms with E-state index in [4.69, 9.17) is 9.47 Å². The van der Waals surface area contributed by atoms with Gasteiger partial charge in [-0.15, -0.1) is 0 Å². The molecule has 2 aromatic rings. The summed E-state index contributed by atoms with van der Waals surface area (Å²) in [6, 6.07) is 2.18. The molecule has 2 fully saturated rings. The van der Waals surface area contributed by atoms with E-state index in [1.54, 1.807) is 35.3 Å². The van der Waals surface area contributed by atoms with Gasteiger partial charge in [-0.25, -0.2) is 9.59 Å². The van der Waals surface area contributed by atoms with E-state index in [0.29, 0.717) is 30.9 Å². The van der Waals surface area contributed by atoms with Gasteiger partial charge in [0.2, 0.25) is 0 Å². The number of halogens is 6.